The molecular weight excluding hydrogens is 231 g/mol. The molecule has 1 aromatic carbocycles. The Labute approximate surface area is 97.9 Å². The van der Waals surface area contributed by atoms with E-state index in [1.54, 1.807) is 12.3 Å². The molecule has 1 aromatic heterocycles. The first-order chi connectivity index (χ1) is 7.18. The third-order valence-corrected chi connectivity index (χ3v) is 2.81. The molecule has 0 fully saturated rings. The lowest BCUT2D eigenvalue weighted by atomic mass is 10.2. The largest absolute Gasteiger partial charge is 0.237 e. The van der Waals surface area contributed by atoms with E-state index >= 15 is 0 Å². The van der Waals surface area contributed by atoms with Gasteiger partial charge in [-0.05, 0) is 25.1 Å². The molecule has 0 radical (unpaired) electrons. The molecule has 0 aliphatic heterocycles. The molecule has 0 unspecified atom stereocenters. The van der Waals surface area contributed by atoms with Gasteiger partial charge < -0.3 is 0 Å². The molecule has 0 saturated heterocycles. The number of aryl methyl sites for hydroxylation is 1. The summed E-state index contributed by atoms with van der Waals surface area (Å²) in [5, 5.41) is 1.00. The van der Waals surface area contributed by atoms with Gasteiger partial charge in [-0.1, -0.05) is 29.3 Å². The number of benzene rings is 1. The van der Waals surface area contributed by atoms with Crippen molar-refractivity contribution in [1.82, 2.24) is 9.97 Å². The molecule has 15 heavy (non-hydrogen) atoms. The normalized spacial score (nSPS) is 10.3. The maximum atomic E-state index is 6.07. The van der Waals surface area contributed by atoms with Crippen LogP contribution in [0.3, 0.4) is 0 Å². The lowest BCUT2D eigenvalue weighted by Gasteiger charge is -2.04. The van der Waals surface area contributed by atoms with E-state index in [4.69, 9.17) is 23.2 Å². The standard InChI is InChI=1S/C11H8Cl2N2/c1-7-5-6-14-11(15-7)8-3-2-4-9(12)10(8)13/h2-6H,1H3. The van der Waals surface area contributed by atoms with Crippen LogP contribution in [-0.4, -0.2) is 9.97 Å². The second kappa shape index (κ2) is 4.17. The smallest absolute Gasteiger partial charge is 0.160 e. The average molecular weight is 239 g/mol. The van der Waals surface area contributed by atoms with Crippen molar-refractivity contribution in [2.75, 3.05) is 0 Å². The highest BCUT2D eigenvalue weighted by atomic mass is 35.5. The Balaban J connectivity index is 2.59. The summed E-state index contributed by atoms with van der Waals surface area (Å²) in [4.78, 5) is 8.45. The van der Waals surface area contributed by atoms with Crippen LogP contribution in [0, 0.1) is 6.92 Å². The monoisotopic (exact) mass is 238 g/mol. The Morgan fingerprint density at radius 1 is 1.13 bits per heavy atom. The third kappa shape index (κ3) is 2.11. The molecule has 1 heterocycles. The topological polar surface area (TPSA) is 25.8 Å². The number of hydrogen-bond acceptors (Lipinski definition) is 2. The van der Waals surface area contributed by atoms with Crippen LogP contribution >= 0.6 is 23.2 Å². The first kappa shape index (κ1) is 10.4. The van der Waals surface area contributed by atoms with E-state index < -0.39 is 0 Å². The van der Waals surface area contributed by atoms with Gasteiger partial charge in [-0.15, -0.1) is 0 Å². The van der Waals surface area contributed by atoms with Crippen molar-refractivity contribution in [3.8, 4) is 11.4 Å². The lowest BCUT2D eigenvalue weighted by Crippen LogP contribution is -1.91. The van der Waals surface area contributed by atoms with Gasteiger partial charge >= 0.3 is 0 Å². The fraction of sp³-hybridized carbons (Fsp3) is 0.0909. The number of aromatic nitrogens is 2. The van der Waals surface area contributed by atoms with E-state index in [1.165, 1.54) is 0 Å². The highest BCUT2D eigenvalue weighted by molar-refractivity contribution is 6.43. The van der Waals surface area contributed by atoms with E-state index in [0.717, 1.165) is 11.3 Å². The van der Waals surface area contributed by atoms with Gasteiger partial charge in [-0.2, -0.15) is 0 Å². The summed E-state index contributed by atoms with van der Waals surface area (Å²) in [6.45, 7) is 1.91. The van der Waals surface area contributed by atoms with Crippen LogP contribution in [0.1, 0.15) is 5.69 Å². The molecule has 0 atom stereocenters. The minimum atomic E-state index is 0.491. The molecule has 2 nitrogen and oxygen atoms in total. The highest BCUT2D eigenvalue weighted by Crippen LogP contribution is 2.31. The Morgan fingerprint density at radius 3 is 2.67 bits per heavy atom. The summed E-state index contributed by atoms with van der Waals surface area (Å²) >= 11 is 12.0. The third-order valence-electron chi connectivity index (χ3n) is 1.99. The van der Waals surface area contributed by atoms with Crippen molar-refractivity contribution in [2.24, 2.45) is 0 Å². The molecule has 0 saturated carbocycles. The summed E-state index contributed by atoms with van der Waals surface area (Å²) in [5.74, 6) is 0.600. The van der Waals surface area contributed by atoms with Crippen LogP contribution in [0.25, 0.3) is 11.4 Å². The zero-order valence-corrected chi connectivity index (χ0v) is 9.55. The Hall–Kier alpha value is -1.12. The predicted octanol–water partition coefficient (Wildman–Crippen LogP) is 3.76. The number of hydrogen-bond donors (Lipinski definition) is 0. The van der Waals surface area contributed by atoms with Crippen LogP contribution in [0.5, 0.6) is 0 Å². The van der Waals surface area contributed by atoms with Gasteiger partial charge in [0.2, 0.25) is 0 Å². The van der Waals surface area contributed by atoms with Gasteiger partial charge in [0, 0.05) is 17.5 Å². The second-order valence-electron chi connectivity index (χ2n) is 3.12. The molecule has 0 amide bonds. The fourth-order valence-corrected chi connectivity index (χ4v) is 1.64. The van der Waals surface area contributed by atoms with Crippen molar-refractivity contribution >= 4 is 23.2 Å². The van der Waals surface area contributed by atoms with Crippen molar-refractivity contribution in [3.05, 3.63) is 46.2 Å². The van der Waals surface area contributed by atoms with Crippen LogP contribution < -0.4 is 0 Å². The zero-order valence-electron chi connectivity index (χ0n) is 8.04. The number of nitrogens with zero attached hydrogens (tertiary/aromatic N) is 2. The molecule has 2 rings (SSSR count). The SMILES string of the molecule is Cc1ccnc(-c2cccc(Cl)c2Cl)n1. The van der Waals surface area contributed by atoms with Gasteiger partial charge in [-0.25, -0.2) is 9.97 Å². The fourth-order valence-electron chi connectivity index (χ4n) is 1.26. The summed E-state index contributed by atoms with van der Waals surface area (Å²) in [5.41, 5.74) is 1.66. The van der Waals surface area contributed by atoms with Crippen molar-refractivity contribution < 1.29 is 0 Å². The van der Waals surface area contributed by atoms with E-state index in [1.807, 2.05) is 25.1 Å². The van der Waals surface area contributed by atoms with Gasteiger partial charge in [0.15, 0.2) is 5.82 Å². The van der Waals surface area contributed by atoms with E-state index in [-0.39, 0.29) is 0 Å². The molecule has 0 bridgehead atoms. The summed E-state index contributed by atoms with van der Waals surface area (Å²) in [6, 6.07) is 7.25. The minimum absolute atomic E-state index is 0.491. The molecule has 0 aliphatic carbocycles. The molecule has 4 heteroatoms. The van der Waals surface area contributed by atoms with Gasteiger partial charge in [0.25, 0.3) is 0 Å². The van der Waals surface area contributed by atoms with Crippen LogP contribution in [0.2, 0.25) is 10.0 Å². The minimum Gasteiger partial charge on any atom is -0.237 e. The van der Waals surface area contributed by atoms with E-state index in [9.17, 15) is 0 Å². The molecule has 0 N–H and O–H groups in total. The number of rotatable bonds is 1. The van der Waals surface area contributed by atoms with Crippen molar-refractivity contribution in [3.63, 3.8) is 0 Å². The Morgan fingerprint density at radius 2 is 1.93 bits per heavy atom. The molecule has 0 aliphatic rings. The Bertz CT molecular complexity index is 498. The van der Waals surface area contributed by atoms with Crippen LogP contribution in [0.4, 0.5) is 0 Å². The van der Waals surface area contributed by atoms with E-state index in [0.29, 0.717) is 15.9 Å². The van der Waals surface area contributed by atoms with Crippen molar-refractivity contribution in [1.29, 1.82) is 0 Å². The summed E-state index contributed by atoms with van der Waals surface area (Å²) in [6.07, 6.45) is 1.70. The zero-order chi connectivity index (χ0) is 10.8. The van der Waals surface area contributed by atoms with Gasteiger partial charge in [0.1, 0.15) is 0 Å². The highest BCUT2D eigenvalue weighted by Gasteiger charge is 2.08. The van der Waals surface area contributed by atoms with Gasteiger partial charge in [-0.3, -0.25) is 0 Å². The molecule has 0 spiro atoms. The predicted molar refractivity (Wildman–Crippen MR) is 62.2 cm³/mol. The maximum absolute atomic E-state index is 6.07. The van der Waals surface area contributed by atoms with Crippen molar-refractivity contribution in [2.45, 2.75) is 6.92 Å². The summed E-state index contributed by atoms with van der Waals surface area (Å²) < 4.78 is 0. The molecular formula is C11H8Cl2N2. The first-order valence-corrected chi connectivity index (χ1v) is 5.18. The van der Waals surface area contributed by atoms with Gasteiger partial charge in [0.05, 0.1) is 10.0 Å². The Kier molecular flexibility index (Phi) is 2.89. The molecule has 2 aromatic rings. The number of halogens is 2. The van der Waals surface area contributed by atoms with Crippen LogP contribution in [0.15, 0.2) is 30.5 Å². The van der Waals surface area contributed by atoms with Crippen LogP contribution in [-0.2, 0) is 0 Å². The molecule has 76 valence electrons. The average Bonchev–Trinajstić information content (AvgIpc) is 2.22. The second-order valence-corrected chi connectivity index (χ2v) is 3.91. The first-order valence-electron chi connectivity index (χ1n) is 4.42. The quantitative estimate of drug-likeness (QED) is 0.757. The maximum Gasteiger partial charge on any atom is 0.160 e. The van der Waals surface area contributed by atoms with E-state index in [2.05, 4.69) is 9.97 Å². The lowest BCUT2D eigenvalue weighted by molar-refractivity contribution is 1.11. The summed E-state index contributed by atoms with van der Waals surface area (Å²) in [7, 11) is 0.